The summed E-state index contributed by atoms with van der Waals surface area (Å²) >= 11 is 1.46. The van der Waals surface area contributed by atoms with E-state index in [1.807, 2.05) is 24.0 Å². The zero-order chi connectivity index (χ0) is 20.9. The second-order valence-corrected chi connectivity index (χ2v) is 8.46. The smallest absolute Gasteiger partial charge is 0.237 e. The highest BCUT2D eigenvalue weighted by Crippen LogP contribution is 2.30. The molecule has 2 heterocycles. The standard InChI is InChI=1S/C22H29N5O2S/c1-3-26(18-9-5-6-10-18)20(28)16-30-22-24-23-21(25-12-14-29-15-13-25)27(22)19-11-7-4-8-17(19)2/h4,7-9,11H,3,5-6,10,12-16H2,1-2H3. The second kappa shape index (κ2) is 9.66. The Morgan fingerprint density at radius 1 is 1.23 bits per heavy atom. The van der Waals surface area contributed by atoms with Crippen LogP contribution in [0.25, 0.3) is 5.69 Å². The maximum atomic E-state index is 12.9. The van der Waals surface area contributed by atoms with Crippen molar-refractivity contribution >= 4 is 23.6 Å². The molecule has 1 saturated heterocycles. The molecule has 1 aromatic carbocycles. The van der Waals surface area contributed by atoms with Crippen molar-refractivity contribution in [3.05, 3.63) is 41.6 Å². The summed E-state index contributed by atoms with van der Waals surface area (Å²) in [5.74, 6) is 1.29. The van der Waals surface area contributed by atoms with E-state index in [9.17, 15) is 4.79 Å². The number of carbonyl (C=O) groups is 1. The molecule has 2 aliphatic rings. The normalized spacial score (nSPS) is 16.6. The highest BCUT2D eigenvalue weighted by Gasteiger charge is 2.24. The summed E-state index contributed by atoms with van der Waals surface area (Å²) < 4.78 is 7.59. The number of rotatable bonds is 7. The van der Waals surface area contributed by atoms with Crippen molar-refractivity contribution in [3.8, 4) is 5.69 Å². The fourth-order valence-electron chi connectivity index (χ4n) is 3.99. The molecule has 0 bridgehead atoms. The van der Waals surface area contributed by atoms with E-state index in [1.54, 1.807) is 0 Å². The lowest BCUT2D eigenvalue weighted by Gasteiger charge is -2.28. The Morgan fingerprint density at radius 2 is 2.03 bits per heavy atom. The molecule has 0 atom stereocenters. The zero-order valence-corrected chi connectivity index (χ0v) is 18.5. The molecular formula is C22H29N5O2S. The van der Waals surface area contributed by atoms with Gasteiger partial charge in [-0.3, -0.25) is 9.36 Å². The minimum Gasteiger partial charge on any atom is -0.378 e. The van der Waals surface area contributed by atoms with Crippen molar-refractivity contribution in [2.75, 3.05) is 43.5 Å². The van der Waals surface area contributed by atoms with Crippen LogP contribution in [0, 0.1) is 6.92 Å². The van der Waals surface area contributed by atoms with E-state index in [1.165, 1.54) is 11.8 Å². The number of allylic oxidation sites excluding steroid dienone is 2. The van der Waals surface area contributed by atoms with Crippen molar-refractivity contribution in [2.24, 2.45) is 0 Å². The van der Waals surface area contributed by atoms with E-state index in [-0.39, 0.29) is 5.91 Å². The van der Waals surface area contributed by atoms with Crippen molar-refractivity contribution in [1.29, 1.82) is 0 Å². The van der Waals surface area contributed by atoms with Crippen molar-refractivity contribution in [1.82, 2.24) is 19.7 Å². The van der Waals surface area contributed by atoms with Gasteiger partial charge in [-0.15, -0.1) is 10.2 Å². The molecule has 1 amide bonds. The predicted molar refractivity (Wildman–Crippen MR) is 119 cm³/mol. The van der Waals surface area contributed by atoms with E-state index < -0.39 is 0 Å². The van der Waals surface area contributed by atoms with E-state index in [4.69, 9.17) is 4.74 Å². The van der Waals surface area contributed by atoms with Gasteiger partial charge < -0.3 is 14.5 Å². The summed E-state index contributed by atoms with van der Waals surface area (Å²) in [7, 11) is 0. The number of aryl methyl sites for hydroxylation is 1. The number of hydrogen-bond donors (Lipinski definition) is 0. The summed E-state index contributed by atoms with van der Waals surface area (Å²) in [4.78, 5) is 17.1. The summed E-state index contributed by atoms with van der Waals surface area (Å²) in [5.41, 5.74) is 3.36. The molecule has 30 heavy (non-hydrogen) atoms. The van der Waals surface area contributed by atoms with Crippen LogP contribution in [0.3, 0.4) is 0 Å². The van der Waals surface area contributed by atoms with Crippen LogP contribution in [-0.2, 0) is 9.53 Å². The molecule has 0 N–H and O–H groups in total. The maximum absolute atomic E-state index is 12.9. The molecular weight excluding hydrogens is 398 g/mol. The van der Waals surface area contributed by atoms with Crippen LogP contribution in [0.5, 0.6) is 0 Å². The average molecular weight is 428 g/mol. The second-order valence-electron chi connectivity index (χ2n) is 7.52. The Bertz CT molecular complexity index is 920. The molecule has 7 nitrogen and oxygen atoms in total. The molecule has 0 saturated carbocycles. The van der Waals surface area contributed by atoms with Crippen LogP contribution < -0.4 is 4.90 Å². The van der Waals surface area contributed by atoms with Gasteiger partial charge >= 0.3 is 0 Å². The average Bonchev–Trinajstić information content (AvgIpc) is 3.44. The van der Waals surface area contributed by atoms with Gasteiger partial charge in [0.05, 0.1) is 24.7 Å². The summed E-state index contributed by atoms with van der Waals surface area (Å²) in [6, 6.07) is 8.22. The van der Waals surface area contributed by atoms with Gasteiger partial charge in [0.2, 0.25) is 11.9 Å². The molecule has 1 aliphatic heterocycles. The topological polar surface area (TPSA) is 63.5 Å². The minimum absolute atomic E-state index is 0.128. The number of anilines is 1. The van der Waals surface area contributed by atoms with Gasteiger partial charge in [-0.1, -0.05) is 36.0 Å². The quantitative estimate of drug-likeness (QED) is 0.631. The van der Waals surface area contributed by atoms with Crippen LogP contribution in [0.4, 0.5) is 5.95 Å². The Kier molecular flexibility index (Phi) is 6.74. The number of nitrogens with zero attached hydrogens (tertiary/aromatic N) is 5. The molecule has 0 unspecified atom stereocenters. The summed E-state index contributed by atoms with van der Waals surface area (Å²) in [6.07, 6.45) is 5.39. The van der Waals surface area contributed by atoms with Crippen LogP contribution in [-0.4, -0.2) is 64.2 Å². The molecule has 1 aromatic heterocycles. The van der Waals surface area contributed by atoms with Crippen LogP contribution in [0.1, 0.15) is 31.7 Å². The van der Waals surface area contributed by atoms with E-state index in [0.717, 1.165) is 60.4 Å². The number of benzene rings is 1. The number of ether oxygens (including phenoxy) is 1. The molecule has 1 aliphatic carbocycles. The van der Waals surface area contributed by atoms with Gasteiger partial charge in [-0.05, 0) is 44.7 Å². The first kappa shape index (κ1) is 20.9. The third-order valence-corrected chi connectivity index (χ3v) is 6.49. The molecule has 4 rings (SSSR count). The molecule has 1 fully saturated rings. The van der Waals surface area contributed by atoms with Gasteiger partial charge in [0.1, 0.15) is 0 Å². The van der Waals surface area contributed by atoms with E-state index >= 15 is 0 Å². The maximum Gasteiger partial charge on any atom is 0.237 e. The third-order valence-electron chi connectivity index (χ3n) is 5.57. The number of morpholine rings is 1. The lowest BCUT2D eigenvalue weighted by atomic mass is 10.2. The first-order chi connectivity index (χ1) is 14.7. The third kappa shape index (κ3) is 4.39. The monoisotopic (exact) mass is 427 g/mol. The zero-order valence-electron chi connectivity index (χ0n) is 17.7. The van der Waals surface area contributed by atoms with Crippen molar-refractivity contribution < 1.29 is 9.53 Å². The molecule has 0 spiro atoms. The van der Waals surface area contributed by atoms with Crippen LogP contribution >= 0.6 is 11.8 Å². The molecule has 8 heteroatoms. The Labute approximate surface area is 182 Å². The molecule has 0 radical (unpaired) electrons. The Hall–Kier alpha value is -2.32. The predicted octanol–water partition coefficient (Wildman–Crippen LogP) is 3.42. The van der Waals surface area contributed by atoms with Crippen LogP contribution in [0.2, 0.25) is 0 Å². The summed E-state index contributed by atoms with van der Waals surface area (Å²) in [5, 5.41) is 9.72. The fraction of sp³-hybridized carbons (Fsp3) is 0.500. The van der Waals surface area contributed by atoms with Gasteiger partial charge in [-0.2, -0.15) is 0 Å². The van der Waals surface area contributed by atoms with Gasteiger partial charge in [0.25, 0.3) is 0 Å². The number of thioether (sulfide) groups is 1. The number of hydrogen-bond acceptors (Lipinski definition) is 6. The number of carbonyl (C=O) groups excluding carboxylic acids is 1. The molecule has 2 aromatic rings. The Balaban J connectivity index is 1.59. The lowest BCUT2D eigenvalue weighted by molar-refractivity contribution is -0.126. The van der Waals surface area contributed by atoms with Gasteiger partial charge in [-0.25, -0.2) is 0 Å². The number of para-hydroxylation sites is 1. The van der Waals surface area contributed by atoms with Crippen LogP contribution in [0.15, 0.2) is 41.2 Å². The van der Waals surface area contributed by atoms with Gasteiger partial charge in [0, 0.05) is 25.3 Å². The molecule has 160 valence electrons. The Morgan fingerprint density at radius 3 is 2.73 bits per heavy atom. The van der Waals surface area contributed by atoms with E-state index in [2.05, 4.69) is 44.8 Å². The largest absolute Gasteiger partial charge is 0.378 e. The first-order valence-electron chi connectivity index (χ1n) is 10.7. The van der Waals surface area contributed by atoms with Crippen molar-refractivity contribution in [2.45, 2.75) is 38.3 Å². The SMILES string of the molecule is CCN(C(=O)CSc1nnc(N2CCOCC2)n1-c1ccccc1C)C1=CCCC1. The first-order valence-corrected chi connectivity index (χ1v) is 11.6. The highest BCUT2D eigenvalue weighted by atomic mass is 32.2. The summed E-state index contributed by atoms with van der Waals surface area (Å²) in [6.45, 7) is 7.76. The number of amides is 1. The minimum atomic E-state index is 0.128. The number of aromatic nitrogens is 3. The lowest BCUT2D eigenvalue weighted by Crippen LogP contribution is -2.38. The van der Waals surface area contributed by atoms with Crippen molar-refractivity contribution in [3.63, 3.8) is 0 Å². The highest BCUT2D eigenvalue weighted by molar-refractivity contribution is 7.99. The van der Waals surface area contributed by atoms with E-state index in [0.29, 0.717) is 25.5 Å². The van der Waals surface area contributed by atoms with Gasteiger partial charge in [0.15, 0.2) is 5.16 Å². The fourth-order valence-corrected chi connectivity index (χ4v) is 4.81.